The molecule has 30 heavy (non-hydrogen) atoms. The summed E-state index contributed by atoms with van der Waals surface area (Å²) in [5.41, 5.74) is 1.29. The molecule has 0 saturated carbocycles. The highest BCUT2D eigenvalue weighted by Crippen LogP contribution is 2.30. The van der Waals surface area contributed by atoms with Crippen molar-refractivity contribution < 1.29 is 18.0 Å². The highest BCUT2D eigenvalue weighted by atomic mass is 19.4. The van der Waals surface area contributed by atoms with Crippen molar-refractivity contribution in [2.75, 3.05) is 5.32 Å². The summed E-state index contributed by atoms with van der Waals surface area (Å²) in [6, 6.07) is 14.0. The average molecular weight is 410 g/mol. The number of nitrogens with zero attached hydrogens (tertiary/aromatic N) is 3. The van der Waals surface area contributed by atoms with Crippen LogP contribution in [0.25, 0.3) is 16.5 Å². The molecule has 5 nitrogen and oxygen atoms in total. The van der Waals surface area contributed by atoms with Gasteiger partial charge in [-0.1, -0.05) is 18.2 Å². The Kier molecular flexibility index (Phi) is 4.99. The second kappa shape index (κ2) is 7.62. The normalized spacial score (nSPS) is 11.6. The molecule has 0 radical (unpaired) electrons. The van der Waals surface area contributed by atoms with Gasteiger partial charge in [0.15, 0.2) is 0 Å². The summed E-state index contributed by atoms with van der Waals surface area (Å²) in [4.78, 5) is 16.6. The van der Waals surface area contributed by atoms with Crippen LogP contribution in [0.1, 0.15) is 17.0 Å². The van der Waals surface area contributed by atoms with E-state index in [1.807, 2.05) is 18.2 Å². The molecule has 0 spiro atoms. The fraction of sp³-hybridized carbons (Fsp3) is 0.136. The van der Waals surface area contributed by atoms with Crippen LogP contribution in [-0.2, 0) is 17.4 Å². The highest BCUT2D eigenvalue weighted by Gasteiger charge is 2.30. The number of halogens is 3. The minimum Gasteiger partial charge on any atom is -0.325 e. The first-order valence-corrected chi connectivity index (χ1v) is 9.17. The Morgan fingerprint density at radius 2 is 1.90 bits per heavy atom. The molecule has 2 aromatic heterocycles. The van der Waals surface area contributed by atoms with Crippen LogP contribution in [0.5, 0.6) is 0 Å². The van der Waals surface area contributed by atoms with E-state index in [9.17, 15) is 18.0 Å². The molecule has 152 valence electrons. The molecule has 0 aliphatic carbocycles. The molecule has 0 unspecified atom stereocenters. The maximum Gasteiger partial charge on any atom is 0.416 e. The van der Waals surface area contributed by atoms with Gasteiger partial charge in [0.1, 0.15) is 0 Å². The molecule has 1 amide bonds. The van der Waals surface area contributed by atoms with Crippen LogP contribution in [0.4, 0.5) is 18.9 Å². The highest BCUT2D eigenvalue weighted by molar-refractivity contribution is 6.02. The van der Waals surface area contributed by atoms with Crippen molar-refractivity contribution in [2.45, 2.75) is 19.5 Å². The first-order valence-electron chi connectivity index (χ1n) is 9.17. The second-order valence-corrected chi connectivity index (χ2v) is 6.86. The number of amides is 1. The smallest absolute Gasteiger partial charge is 0.325 e. The van der Waals surface area contributed by atoms with Gasteiger partial charge in [-0.25, -0.2) is 4.68 Å². The Morgan fingerprint density at radius 3 is 2.70 bits per heavy atom. The Hall–Kier alpha value is -3.68. The van der Waals surface area contributed by atoms with E-state index >= 15 is 0 Å². The SMILES string of the molecule is Cc1cc(CC(=O)Nc2cccc3cnccc23)nn1-c1cccc(C(F)(F)F)c1. The van der Waals surface area contributed by atoms with Crippen molar-refractivity contribution in [1.29, 1.82) is 0 Å². The summed E-state index contributed by atoms with van der Waals surface area (Å²) in [6.45, 7) is 1.73. The summed E-state index contributed by atoms with van der Waals surface area (Å²) in [6.07, 6.45) is -1.08. The van der Waals surface area contributed by atoms with Gasteiger partial charge in [0.25, 0.3) is 0 Å². The quantitative estimate of drug-likeness (QED) is 0.519. The van der Waals surface area contributed by atoms with Crippen LogP contribution in [0, 0.1) is 6.92 Å². The van der Waals surface area contributed by atoms with Gasteiger partial charge in [-0.15, -0.1) is 0 Å². The first kappa shape index (κ1) is 19.6. The van der Waals surface area contributed by atoms with E-state index in [1.54, 1.807) is 37.5 Å². The summed E-state index contributed by atoms with van der Waals surface area (Å²) in [5.74, 6) is -0.270. The molecular weight excluding hydrogens is 393 g/mol. The van der Waals surface area contributed by atoms with E-state index in [0.717, 1.165) is 22.9 Å². The number of alkyl halides is 3. The van der Waals surface area contributed by atoms with Gasteiger partial charge in [-0.3, -0.25) is 9.78 Å². The van der Waals surface area contributed by atoms with Crippen LogP contribution in [0.2, 0.25) is 0 Å². The lowest BCUT2D eigenvalue weighted by molar-refractivity contribution is -0.137. The predicted molar refractivity (Wildman–Crippen MR) is 107 cm³/mol. The van der Waals surface area contributed by atoms with E-state index < -0.39 is 11.7 Å². The molecule has 0 atom stereocenters. The van der Waals surface area contributed by atoms with Crippen molar-refractivity contribution >= 4 is 22.4 Å². The number of nitrogens with one attached hydrogen (secondary N) is 1. The Balaban J connectivity index is 1.55. The third kappa shape index (κ3) is 4.03. The third-order valence-corrected chi connectivity index (χ3v) is 4.65. The molecule has 0 bridgehead atoms. The fourth-order valence-electron chi connectivity index (χ4n) is 3.29. The van der Waals surface area contributed by atoms with Crippen molar-refractivity contribution in [2.24, 2.45) is 0 Å². The number of carbonyl (C=O) groups is 1. The van der Waals surface area contributed by atoms with E-state index in [0.29, 0.717) is 17.1 Å². The number of hydrogen-bond acceptors (Lipinski definition) is 3. The maximum atomic E-state index is 13.0. The Labute approximate surface area is 170 Å². The van der Waals surface area contributed by atoms with Gasteiger partial charge in [0.05, 0.1) is 23.4 Å². The zero-order valence-electron chi connectivity index (χ0n) is 15.9. The Bertz CT molecular complexity index is 1230. The number of hydrogen-bond donors (Lipinski definition) is 1. The number of aryl methyl sites for hydroxylation is 1. The van der Waals surface area contributed by atoms with E-state index in [-0.39, 0.29) is 18.0 Å². The van der Waals surface area contributed by atoms with Crippen LogP contribution in [0.3, 0.4) is 0 Å². The standard InChI is InChI=1S/C22H17F3N4O/c1-14-10-17(28-29(14)18-6-3-5-16(11-18)22(23,24)25)12-21(30)27-20-7-2-4-15-13-26-9-8-19(15)20/h2-11,13H,12H2,1H3,(H,27,30). The maximum absolute atomic E-state index is 13.0. The molecule has 2 aromatic carbocycles. The lowest BCUT2D eigenvalue weighted by atomic mass is 10.1. The van der Waals surface area contributed by atoms with Crippen LogP contribution >= 0.6 is 0 Å². The fourth-order valence-corrected chi connectivity index (χ4v) is 3.29. The van der Waals surface area contributed by atoms with Crippen molar-refractivity contribution in [3.8, 4) is 5.69 Å². The van der Waals surface area contributed by atoms with E-state index in [2.05, 4.69) is 15.4 Å². The minimum absolute atomic E-state index is 0.00568. The van der Waals surface area contributed by atoms with Gasteiger partial charge >= 0.3 is 6.18 Å². The van der Waals surface area contributed by atoms with Crippen molar-refractivity contribution in [1.82, 2.24) is 14.8 Å². The zero-order valence-corrected chi connectivity index (χ0v) is 15.9. The van der Waals surface area contributed by atoms with E-state index in [4.69, 9.17) is 0 Å². The van der Waals surface area contributed by atoms with E-state index in [1.165, 1.54) is 10.7 Å². The number of aromatic nitrogens is 3. The topological polar surface area (TPSA) is 59.8 Å². The van der Waals surface area contributed by atoms with Crippen LogP contribution < -0.4 is 5.32 Å². The number of pyridine rings is 1. The van der Waals surface area contributed by atoms with Gasteiger partial charge in [0, 0.05) is 34.5 Å². The molecule has 0 saturated heterocycles. The van der Waals surface area contributed by atoms with Crippen molar-refractivity contribution in [3.63, 3.8) is 0 Å². The number of anilines is 1. The van der Waals surface area contributed by atoms with Gasteiger partial charge < -0.3 is 5.32 Å². The third-order valence-electron chi connectivity index (χ3n) is 4.65. The van der Waals surface area contributed by atoms with Crippen molar-refractivity contribution in [3.05, 3.63) is 83.9 Å². The summed E-state index contributed by atoms with van der Waals surface area (Å²) in [7, 11) is 0. The average Bonchev–Trinajstić information content (AvgIpc) is 3.07. The second-order valence-electron chi connectivity index (χ2n) is 6.86. The van der Waals surface area contributed by atoms with Gasteiger partial charge in [-0.2, -0.15) is 18.3 Å². The monoisotopic (exact) mass is 410 g/mol. The van der Waals surface area contributed by atoms with Crippen LogP contribution in [0.15, 0.2) is 67.0 Å². The number of carbonyl (C=O) groups excluding carboxylic acids is 1. The molecule has 1 N–H and O–H groups in total. The summed E-state index contributed by atoms with van der Waals surface area (Å²) < 4.78 is 40.4. The molecule has 0 aliphatic heterocycles. The van der Waals surface area contributed by atoms with Gasteiger partial charge in [0.2, 0.25) is 5.91 Å². The number of rotatable bonds is 4. The molecule has 2 heterocycles. The number of fused-ring (bicyclic) bond motifs is 1. The summed E-state index contributed by atoms with van der Waals surface area (Å²) in [5, 5.41) is 8.96. The molecule has 0 aliphatic rings. The molecule has 4 aromatic rings. The molecule has 4 rings (SSSR count). The van der Waals surface area contributed by atoms with Crippen LogP contribution in [-0.4, -0.2) is 20.7 Å². The zero-order chi connectivity index (χ0) is 21.3. The lowest BCUT2D eigenvalue weighted by Gasteiger charge is -2.10. The molecular formula is C22H17F3N4O. The largest absolute Gasteiger partial charge is 0.416 e. The molecule has 0 fully saturated rings. The summed E-state index contributed by atoms with van der Waals surface area (Å²) >= 11 is 0. The predicted octanol–water partition coefficient (Wildman–Crippen LogP) is 4.93. The molecule has 8 heteroatoms. The first-order chi connectivity index (χ1) is 14.3. The number of benzene rings is 2. The van der Waals surface area contributed by atoms with Gasteiger partial charge in [-0.05, 0) is 43.3 Å². The lowest BCUT2D eigenvalue weighted by Crippen LogP contribution is -2.15. The minimum atomic E-state index is -4.44. The Morgan fingerprint density at radius 1 is 1.10 bits per heavy atom.